The molecule has 0 unspecified atom stereocenters. The molecule has 0 aliphatic carbocycles. The van der Waals surface area contributed by atoms with E-state index in [-0.39, 0.29) is 17.4 Å². The predicted octanol–water partition coefficient (Wildman–Crippen LogP) is 2.45. The predicted molar refractivity (Wildman–Crippen MR) is 103 cm³/mol. The summed E-state index contributed by atoms with van der Waals surface area (Å²) in [4.78, 5) is 24.1. The highest BCUT2D eigenvalue weighted by Crippen LogP contribution is 2.29. The Kier molecular flexibility index (Phi) is 5.55. The van der Waals surface area contributed by atoms with Crippen LogP contribution in [-0.2, 0) is 9.59 Å². The number of thiocarbonyl (C=S) groups is 1. The number of ether oxygens (including phenoxy) is 1. The van der Waals surface area contributed by atoms with E-state index in [1.165, 1.54) is 0 Å². The smallest absolute Gasteiger partial charge is 0.266 e. The molecule has 0 radical (unpaired) electrons. The van der Waals surface area contributed by atoms with Crippen molar-refractivity contribution in [2.75, 3.05) is 10.6 Å². The van der Waals surface area contributed by atoms with Gasteiger partial charge in [-0.1, -0.05) is 29.8 Å². The van der Waals surface area contributed by atoms with Gasteiger partial charge < -0.3 is 15.4 Å². The van der Waals surface area contributed by atoms with Gasteiger partial charge in [0.05, 0.1) is 12.1 Å². The number of nitrogens with one attached hydrogen (secondary N) is 4. The van der Waals surface area contributed by atoms with Crippen molar-refractivity contribution in [3.05, 3.63) is 53.6 Å². The van der Waals surface area contributed by atoms with Crippen LogP contribution in [-0.4, -0.2) is 23.0 Å². The van der Waals surface area contributed by atoms with Gasteiger partial charge in [-0.2, -0.15) is 0 Å². The molecular formula is C17H15ClN4O3S. The molecule has 0 spiro atoms. The van der Waals surface area contributed by atoms with Crippen LogP contribution >= 0.6 is 23.8 Å². The minimum atomic E-state index is -0.916. The number of fused-ring (bicyclic) bond motifs is 1. The van der Waals surface area contributed by atoms with Crippen molar-refractivity contribution in [3.63, 3.8) is 0 Å². The van der Waals surface area contributed by atoms with Gasteiger partial charge in [0.1, 0.15) is 5.75 Å². The second-order valence-electron chi connectivity index (χ2n) is 5.43. The molecular weight excluding hydrogens is 376 g/mol. The summed E-state index contributed by atoms with van der Waals surface area (Å²) < 4.78 is 5.57. The fourth-order valence-corrected chi connectivity index (χ4v) is 2.66. The first kappa shape index (κ1) is 18.0. The number of carbonyl (C=O) groups excluding carboxylic acids is 2. The van der Waals surface area contributed by atoms with Crippen LogP contribution in [0.15, 0.2) is 48.5 Å². The van der Waals surface area contributed by atoms with Crippen LogP contribution in [0.1, 0.15) is 6.42 Å². The summed E-state index contributed by atoms with van der Waals surface area (Å²) in [6, 6.07) is 14.0. The first-order valence-corrected chi connectivity index (χ1v) is 8.48. The molecule has 2 amide bonds. The second-order valence-corrected chi connectivity index (χ2v) is 6.28. The molecule has 1 aliphatic rings. The summed E-state index contributed by atoms with van der Waals surface area (Å²) >= 11 is 11.0. The van der Waals surface area contributed by atoms with Crippen molar-refractivity contribution in [2.24, 2.45) is 0 Å². The lowest BCUT2D eigenvalue weighted by molar-refractivity contribution is -0.130. The Bertz CT molecular complexity index is 861. The van der Waals surface area contributed by atoms with E-state index in [0.717, 1.165) is 0 Å². The van der Waals surface area contributed by atoms with Gasteiger partial charge in [0, 0.05) is 10.7 Å². The molecule has 7 nitrogen and oxygen atoms in total. The molecule has 2 aromatic carbocycles. The number of hydrogen-bond acceptors (Lipinski definition) is 4. The lowest BCUT2D eigenvalue weighted by atomic mass is 10.1. The average molecular weight is 391 g/mol. The van der Waals surface area contributed by atoms with Gasteiger partial charge in [0.2, 0.25) is 5.91 Å². The second kappa shape index (κ2) is 8.03. The Morgan fingerprint density at radius 1 is 1.19 bits per heavy atom. The fourth-order valence-electron chi connectivity index (χ4n) is 2.30. The topological polar surface area (TPSA) is 91.5 Å². The highest BCUT2D eigenvalue weighted by Gasteiger charge is 2.29. The fraction of sp³-hybridized carbons (Fsp3) is 0.118. The zero-order valence-corrected chi connectivity index (χ0v) is 15.0. The Morgan fingerprint density at radius 3 is 2.81 bits per heavy atom. The number of carbonyl (C=O) groups is 2. The molecule has 0 saturated carbocycles. The van der Waals surface area contributed by atoms with Crippen LogP contribution in [0.5, 0.6) is 5.75 Å². The summed E-state index contributed by atoms with van der Waals surface area (Å²) in [5, 5.41) is 6.32. The molecule has 1 atom stereocenters. The monoisotopic (exact) mass is 390 g/mol. The van der Waals surface area contributed by atoms with Gasteiger partial charge in [0.15, 0.2) is 11.2 Å². The van der Waals surface area contributed by atoms with Crippen molar-refractivity contribution in [3.8, 4) is 5.75 Å². The number of halogens is 1. The van der Waals surface area contributed by atoms with E-state index in [0.29, 0.717) is 22.1 Å². The van der Waals surface area contributed by atoms with Gasteiger partial charge in [-0.15, -0.1) is 0 Å². The number of hydrazine groups is 1. The minimum absolute atomic E-state index is 0.160. The van der Waals surface area contributed by atoms with E-state index in [1.807, 2.05) is 0 Å². The maximum absolute atomic E-state index is 12.0. The van der Waals surface area contributed by atoms with Crippen molar-refractivity contribution in [1.82, 2.24) is 10.9 Å². The largest absolute Gasteiger partial charge is 0.478 e. The normalized spacial score (nSPS) is 15.1. The summed E-state index contributed by atoms with van der Waals surface area (Å²) in [6.45, 7) is 0. The van der Waals surface area contributed by atoms with E-state index >= 15 is 0 Å². The van der Waals surface area contributed by atoms with Gasteiger partial charge >= 0.3 is 0 Å². The molecule has 9 heteroatoms. The minimum Gasteiger partial charge on any atom is -0.478 e. The van der Waals surface area contributed by atoms with Crippen molar-refractivity contribution < 1.29 is 14.3 Å². The average Bonchev–Trinajstić information content (AvgIpc) is 2.61. The Hall–Kier alpha value is -2.84. The molecule has 0 saturated heterocycles. The van der Waals surface area contributed by atoms with E-state index in [4.69, 9.17) is 28.6 Å². The SMILES string of the molecule is O=C(C[C@H]1Oc2ccccc2NC1=O)NNC(=S)Nc1cccc(Cl)c1. The number of hydrogen-bond donors (Lipinski definition) is 4. The van der Waals surface area contributed by atoms with Crippen LogP contribution in [0, 0.1) is 0 Å². The maximum Gasteiger partial charge on any atom is 0.266 e. The van der Waals surface area contributed by atoms with Crippen LogP contribution in [0.25, 0.3) is 0 Å². The van der Waals surface area contributed by atoms with Crippen molar-refractivity contribution in [2.45, 2.75) is 12.5 Å². The summed E-state index contributed by atoms with van der Waals surface area (Å²) in [7, 11) is 0. The molecule has 134 valence electrons. The Balaban J connectivity index is 1.48. The molecule has 4 N–H and O–H groups in total. The summed E-state index contributed by atoms with van der Waals surface area (Å²) in [5.74, 6) is -0.297. The molecule has 1 heterocycles. The lowest BCUT2D eigenvalue weighted by Crippen LogP contribution is -2.47. The molecule has 0 bridgehead atoms. The number of amides is 2. The number of rotatable bonds is 3. The van der Waals surface area contributed by atoms with Crippen molar-refractivity contribution in [1.29, 1.82) is 0 Å². The molecule has 0 fully saturated rings. The number of anilines is 2. The quantitative estimate of drug-likeness (QED) is 0.475. The highest BCUT2D eigenvalue weighted by molar-refractivity contribution is 7.80. The van der Waals surface area contributed by atoms with Gasteiger partial charge in [-0.05, 0) is 42.5 Å². The molecule has 3 rings (SSSR count). The third-order valence-electron chi connectivity index (χ3n) is 3.48. The maximum atomic E-state index is 12.0. The number of para-hydroxylation sites is 2. The van der Waals surface area contributed by atoms with E-state index in [1.54, 1.807) is 48.5 Å². The Labute approximate surface area is 160 Å². The third-order valence-corrected chi connectivity index (χ3v) is 3.91. The zero-order valence-electron chi connectivity index (χ0n) is 13.4. The van der Waals surface area contributed by atoms with Gasteiger partial charge in [-0.3, -0.25) is 20.4 Å². The van der Waals surface area contributed by atoms with Gasteiger partial charge in [-0.25, -0.2) is 0 Å². The zero-order chi connectivity index (χ0) is 18.5. The van der Waals surface area contributed by atoms with Crippen LogP contribution in [0.3, 0.4) is 0 Å². The molecule has 0 aromatic heterocycles. The lowest BCUT2D eigenvalue weighted by Gasteiger charge is -2.25. The molecule has 2 aromatic rings. The van der Waals surface area contributed by atoms with Crippen LogP contribution < -0.4 is 26.2 Å². The summed E-state index contributed by atoms with van der Waals surface area (Å²) in [5.41, 5.74) is 6.25. The van der Waals surface area contributed by atoms with E-state index < -0.39 is 12.0 Å². The third kappa shape index (κ3) is 4.62. The standard InChI is InChI=1S/C17H15ClN4O3S/c18-10-4-3-5-11(8-10)19-17(26)22-21-15(23)9-14-16(24)20-12-6-1-2-7-13(12)25-14/h1-8,14H,9H2,(H,20,24)(H,21,23)(H2,19,22,26)/t14-/m1/s1. The first-order chi connectivity index (χ1) is 12.5. The van der Waals surface area contributed by atoms with Gasteiger partial charge in [0.25, 0.3) is 5.91 Å². The highest BCUT2D eigenvalue weighted by atomic mass is 35.5. The Morgan fingerprint density at radius 2 is 2.00 bits per heavy atom. The van der Waals surface area contributed by atoms with E-state index in [9.17, 15) is 9.59 Å². The summed E-state index contributed by atoms with van der Waals surface area (Å²) in [6.07, 6.45) is -1.08. The van der Waals surface area contributed by atoms with Crippen molar-refractivity contribution >= 4 is 52.1 Å². The van der Waals surface area contributed by atoms with Crippen LogP contribution in [0.2, 0.25) is 5.02 Å². The first-order valence-electron chi connectivity index (χ1n) is 7.69. The van der Waals surface area contributed by atoms with Crippen LogP contribution in [0.4, 0.5) is 11.4 Å². The van der Waals surface area contributed by atoms with E-state index in [2.05, 4.69) is 21.5 Å². The molecule has 26 heavy (non-hydrogen) atoms. The number of benzene rings is 2. The molecule has 1 aliphatic heterocycles.